The lowest BCUT2D eigenvalue weighted by molar-refractivity contribution is -0.151. The van der Waals surface area contributed by atoms with Crippen LogP contribution < -0.4 is 0 Å². The summed E-state index contributed by atoms with van der Waals surface area (Å²) in [6, 6.07) is 0.0100. The van der Waals surface area contributed by atoms with Crippen LogP contribution in [-0.4, -0.2) is 53.6 Å². The van der Waals surface area contributed by atoms with Gasteiger partial charge in [0.25, 0.3) is 0 Å². The zero-order valence-electron chi connectivity index (χ0n) is 14.3. The normalized spacial score (nSPS) is 20.3. The third-order valence-electron chi connectivity index (χ3n) is 4.30. The van der Waals surface area contributed by atoms with Gasteiger partial charge < -0.3 is 14.9 Å². The van der Waals surface area contributed by atoms with Gasteiger partial charge in [-0.25, -0.2) is 4.79 Å². The lowest BCUT2D eigenvalue weighted by Crippen LogP contribution is -2.51. The van der Waals surface area contributed by atoms with Gasteiger partial charge in [-0.05, 0) is 38.0 Å². The lowest BCUT2D eigenvalue weighted by Gasteiger charge is -2.41. The summed E-state index contributed by atoms with van der Waals surface area (Å²) in [4.78, 5) is 27.5. The summed E-state index contributed by atoms with van der Waals surface area (Å²) in [7, 11) is 1.82. The number of piperidine rings is 1. The van der Waals surface area contributed by atoms with Gasteiger partial charge in [0.1, 0.15) is 0 Å². The molecule has 1 saturated heterocycles. The number of amides is 2. The number of carboxylic acids is 1. The van der Waals surface area contributed by atoms with Crippen molar-refractivity contribution in [3.63, 3.8) is 0 Å². The number of urea groups is 1. The number of hydrogen-bond donors (Lipinski definition) is 1. The molecule has 0 aromatic carbocycles. The number of carbonyl (C=O) groups is 2. The Morgan fingerprint density at radius 3 is 2.29 bits per heavy atom. The summed E-state index contributed by atoms with van der Waals surface area (Å²) in [6.45, 7) is 11.8. The van der Waals surface area contributed by atoms with Crippen molar-refractivity contribution in [2.24, 2.45) is 16.7 Å². The van der Waals surface area contributed by atoms with Crippen LogP contribution in [0.15, 0.2) is 0 Å². The molecule has 21 heavy (non-hydrogen) atoms. The minimum atomic E-state index is -0.790. The summed E-state index contributed by atoms with van der Waals surface area (Å²) in [5.41, 5.74) is -0.735. The van der Waals surface area contributed by atoms with E-state index in [1.54, 1.807) is 18.7 Å². The van der Waals surface area contributed by atoms with Crippen molar-refractivity contribution in [1.29, 1.82) is 0 Å². The monoisotopic (exact) mass is 298 g/mol. The first-order chi connectivity index (χ1) is 9.45. The average Bonchev–Trinajstić information content (AvgIpc) is 2.35. The molecule has 0 aromatic rings. The van der Waals surface area contributed by atoms with Gasteiger partial charge >= 0.3 is 12.0 Å². The van der Waals surface area contributed by atoms with E-state index in [9.17, 15) is 14.7 Å². The predicted molar refractivity (Wildman–Crippen MR) is 83.2 cm³/mol. The molecule has 122 valence electrons. The van der Waals surface area contributed by atoms with Crippen LogP contribution in [0.25, 0.3) is 0 Å². The maximum absolute atomic E-state index is 12.5. The van der Waals surface area contributed by atoms with Gasteiger partial charge in [-0.3, -0.25) is 4.79 Å². The van der Waals surface area contributed by atoms with E-state index in [2.05, 4.69) is 20.8 Å². The molecule has 0 saturated carbocycles. The molecular weight excluding hydrogens is 268 g/mol. The highest BCUT2D eigenvalue weighted by Gasteiger charge is 2.40. The van der Waals surface area contributed by atoms with Gasteiger partial charge in [0, 0.05) is 26.7 Å². The molecule has 0 aliphatic carbocycles. The van der Waals surface area contributed by atoms with Crippen molar-refractivity contribution in [1.82, 2.24) is 9.80 Å². The molecule has 5 heteroatoms. The fraction of sp³-hybridized carbons (Fsp3) is 0.875. The first-order valence-electron chi connectivity index (χ1n) is 7.68. The van der Waals surface area contributed by atoms with Gasteiger partial charge in [0.2, 0.25) is 0 Å². The van der Waals surface area contributed by atoms with Crippen LogP contribution in [0.5, 0.6) is 0 Å². The number of carbonyl (C=O) groups excluding carboxylic acids is 1. The standard InChI is InChI=1S/C16H30N2O3/c1-15(2,3)11-17(6)14(21)18-9-7-8-12(10-18)16(4,5)13(19)20/h12H,7-11H2,1-6H3,(H,19,20). The summed E-state index contributed by atoms with van der Waals surface area (Å²) < 4.78 is 0. The second-order valence-corrected chi connectivity index (χ2v) is 8.01. The fourth-order valence-electron chi connectivity index (χ4n) is 2.94. The average molecular weight is 298 g/mol. The molecule has 0 radical (unpaired) electrons. The minimum absolute atomic E-state index is 0.00994. The zero-order valence-corrected chi connectivity index (χ0v) is 14.3. The van der Waals surface area contributed by atoms with Crippen LogP contribution in [0.4, 0.5) is 4.79 Å². The summed E-state index contributed by atoms with van der Waals surface area (Å²) in [6.07, 6.45) is 1.74. The van der Waals surface area contributed by atoms with Crippen LogP contribution >= 0.6 is 0 Å². The van der Waals surface area contributed by atoms with Crippen LogP contribution in [0.3, 0.4) is 0 Å². The third-order valence-corrected chi connectivity index (χ3v) is 4.30. The molecule has 2 amide bonds. The molecule has 1 rings (SSSR count). The van der Waals surface area contributed by atoms with Crippen molar-refractivity contribution in [2.45, 2.75) is 47.5 Å². The van der Waals surface area contributed by atoms with Crippen LogP contribution in [-0.2, 0) is 4.79 Å². The van der Waals surface area contributed by atoms with E-state index >= 15 is 0 Å². The van der Waals surface area contributed by atoms with E-state index < -0.39 is 11.4 Å². The van der Waals surface area contributed by atoms with Crippen molar-refractivity contribution in [3.05, 3.63) is 0 Å². The molecule has 1 aliphatic rings. The quantitative estimate of drug-likeness (QED) is 0.871. The van der Waals surface area contributed by atoms with E-state index in [1.165, 1.54) is 0 Å². The molecule has 1 unspecified atom stereocenters. The molecule has 5 nitrogen and oxygen atoms in total. The van der Waals surface area contributed by atoms with E-state index in [4.69, 9.17) is 0 Å². The molecule has 1 N–H and O–H groups in total. The summed E-state index contributed by atoms with van der Waals surface area (Å²) in [5, 5.41) is 9.37. The second-order valence-electron chi connectivity index (χ2n) is 8.01. The highest BCUT2D eigenvalue weighted by Crippen LogP contribution is 2.34. The first kappa shape index (κ1) is 17.8. The number of carboxylic acid groups (broad SMARTS) is 1. The van der Waals surface area contributed by atoms with Crippen molar-refractivity contribution in [3.8, 4) is 0 Å². The van der Waals surface area contributed by atoms with Crippen LogP contribution in [0.2, 0.25) is 0 Å². The van der Waals surface area contributed by atoms with Crippen molar-refractivity contribution >= 4 is 12.0 Å². The molecule has 0 spiro atoms. The molecule has 1 fully saturated rings. The molecule has 1 aliphatic heterocycles. The minimum Gasteiger partial charge on any atom is -0.481 e. The Morgan fingerprint density at radius 2 is 1.81 bits per heavy atom. The Hall–Kier alpha value is -1.26. The third kappa shape index (κ3) is 4.61. The Bertz CT molecular complexity index is 399. The number of hydrogen-bond acceptors (Lipinski definition) is 2. The SMILES string of the molecule is CN(CC(C)(C)C)C(=O)N1CCCC(C(C)(C)C(=O)O)C1. The zero-order chi connectivity index (χ0) is 16.4. The van der Waals surface area contributed by atoms with Gasteiger partial charge in [0.15, 0.2) is 0 Å². The van der Waals surface area contributed by atoms with Crippen LogP contribution in [0, 0.1) is 16.7 Å². The molecule has 0 aromatic heterocycles. The summed E-state index contributed by atoms with van der Waals surface area (Å²) in [5.74, 6) is -0.777. The molecule has 1 atom stereocenters. The number of aliphatic carboxylic acids is 1. The maximum atomic E-state index is 12.5. The Labute approximate surface area is 128 Å². The number of rotatable bonds is 3. The molecule has 1 heterocycles. The fourth-order valence-corrected chi connectivity index (χ4v) is 2.94. The second kappa shape index (κ2) is 6.24. The largest absolute Gasteiger partial charge is 0.481 e. The van der Waals surface area contributed by atoms with E-state index in [0.717, 1.165) is 19.4 Å². The molecule has 0 bridgehead atoms. The van der Waals surface area contributed by atoms with E-state index in [0.29, 0.717) is 13.1 Å². The Morgan fingerprint density at radius 1 is 1.24 bits per heavy atom. The number of likely N-dealkylation sites (tertiary alicyclic amines) is 1. The highest BCUT2D eigenvalue weighted by atomic mass is 16.4. The van der Waals surface area contributed by atoms with Crippen LogP contribution in [0.1, 0.15) is 47.5 Å². The Balaban J connectivity index is 2.72. The summed E-state index contributed by atoms with van der Waals surface area (Å²) >= 11 is 0. The first-order valence-corrected chi connectivity index (χ1v) is 7.68. The topological polar surface area (TPSA) is 60.9 Å². The van der Waals surface area contributed by atoms with Gasteiger partial charge in [-0.15, -0.1) is 0 Å². The molecular formula is C16H30N2O3. The predicted octanol–water partition coefficient (Wildman–Crippen LogP) is 2.91. The van der Waals surface area contributed by atoms with E-state index in [1.807, 2.05) is 11.9 Å². The van der Waals surface area contributed by atoms with Gasteiger partial charge in [-0.2, -0.15) is 0 Å². The smallest absolute Gasteiger partial charge is 0.319 e. The van der Waals surface area contributed by atoms with Crippen molar-refractivity contribution < 1.29 is 14.7 Å². The van der Waals surface area contributed by atoms with Gasteiger partial charge in [-0.1, -0.05) is 20.8 Å². The van der Waals surface area contributed by atoms with Crippen molar-refractivity contribution in [2.75, 3.05) is 26.7 Å². The Kier molecular flexibility index (Phi) is 5.29. The van der Waals surface area contributed by atoms with Gasteiger partial charge in [0.05, 0.1) is 5.41 Å². The van der Waals surface area contributed by atoms with E-state index in [-0.39, 0.29) is 17.4 Å². The number of nitrogens with zero attached hydrogens (tertiary/aromatic N) is 2. The highest BCUT2D eigenvalue weighted by molar-refractivity contribution is 5.76. The maximum Gasteiger partial charge on any atom is 0.319 e. The lowest BCUT2D eigenvalue weighted by atomic mass is 9.74.